The fourth-order valence-electron chi connectivity index (χ4n) is 3.99. The van der Waals surface area contributed by atoms with Crippen molar-refractivity contribution < 1.29 is 17.9 Å². The van der Waals surface area contributed by atoms with Gasteiger partial charge in [-0.05, 0) is 42.6 Å². The highest BCUT2D eigenvalue weighted by Gasteiger charge is 2.28. The van der Waals surface area contributed by atoms with E-state index in [2.05, 4.69) is 4.98 Å². The van der Waals surface area contributed by atoms with Crippen molar-refractivity contribution in [1.29, 1.82) is 0 Å². The predicted octanol–water partition coefficient (Wildman–Crippen LogP) is 5.25. The van der Waals surface area contributed by atoms with E-state index in [0.29, 0.717) is 34.1 Å². The minimum absolute atomic E-state index is 0.0275. The molecule has 3 aromatic carbocycles. The lowest BCUT2D eigenvalue weighted by atomic mass is 10.1. The number of anilines is 1. The summed E-state index contributed by atoms with van der Waals surface area (Å²) in [6, 6.07) is 22.5. The molecule has 0 saturated heterocycles. The number of likely N-dealkylation sites (N-methyl/N-ethyl adjacent to an activating group) is 1. The van der Waals surface area contributed by atoms with Gasteiger partial charge in [-0.15, -0.1) is 0 Å². The van der Waals surface area contributed by atoms with Crippen LogP contribution in [0.5, 0.6) is 5.88 Å². The molecule has 4 aromatic rings. The van der Waals surface area contributed by atoms with Crippen LogP contribution in [0.25, 0.3) is 10.8 Å². The fraction of sp³-hybridized carbons (Fsp3) is 0.185. The average molecular weight is 524 g/mol. The van der Waals surface area contributed by atoms with E-state index in [1.165, 1.54) is 17.6 Å². The zero-order chi connectivity index (χ0) is 25.7. The largest absolute Gasteiger partial charge is 0.481 e. The molecule has 1 heterocycles. The molecule has 4 rings (SSSR count). The third kappa shape index (κ3) is 5.29. The minimum Gasteiger partial charge on any atom is -0.481 e. The third-order valence-electron chi connectivity index (χ3n) is 5.85. The number of sulfonamides is 1. The van der Waals surface area contributed by atoms with E-state index in [1.54, 1.807) is 59.5 Å². The summed E-state index contributed by atoms with van der Waals surface area (Å²) in [7, 11) is -2.51. The Bertz CT molecular complexity index is 1470. The van der Waals surface area contributed by atoms with E-state index in [1.807, 2.05) is 31.2 Å². The average Bonchev–Trinajstić information content (AvgIpc) is 2.90. The molecule has 0 fully saturated rings. The number of hydrogen-bond acceptors (Lipinski definition) is 5. The summed E-state index contributed by atoms with van der Waals surface area (Å²) < 4.78 is 34.5. The van der Waals surface area contributed by atoms with Crippen LogP contribution in [0.2, 0.25) is 5.02 Å². The van der Waals surface area contributed by atoms with Crippen molar-refractivity contribution in [1.82, 2.24) is 9.88 Å². The molecule has 1 aromatic heterocycles. The number of nitrogens with zero attached hydrogens (tertiary/aromatic N) is 3. The molecule has 9 heteroatoms. The van der Waals surface area contributed by atoms with E-state index in [4.69, 9.17) is 16.3 Å². The number of rotatable bonds is 9. The van der Waals surface area contributed by atoms with Gasteiger partial charge in [-0.3, -0.25) is 9.10 Å². The van der Waals surface area contributed by atoms with Gasteiger partial charge in [-0.1, -0.05) is 54.1 Å². The second kappa shape index (κ2) is 11.0. The molecule has 186 valence electrons. The van der Waals surface area contributed by atoms with Gasteiger partial charge in [0.25, 0.3) is 15.9 Å². The standard InChI is InChI=1S/C27H26ClN3O4S/c1-3-30(27(32)21-10-6-11-22(28)18-21)16-17-31(23-14-15-26(35-2)29-19-23)36(33,34)25-13-7-9-20-8-4-5-12-24(20)25/h4-15,18-19H,3,16-17H2,1-2H3. The van der Waals surface area contributed by atoms with Gasteiger partial charge in [-0.25, -0.2) is 13.4 Å². The topological polar surface area (TPSA) is 79.8 Å². The number of halogens is 1. The highest BCUT2D eigenvalue weighted by atomic mass is 35.5. The number of fused-ring (bicyclic) bond motifs is 1. The maximum absolute atomic E-state index is 14.0. The first-order chi connectivity index (χ1) is 17.3. The van der Waals surface area contributed by atoms with Crippen molar-refractivity contribution in [3.63, 3.8) is 0 Å². The third-order valence-corrected chi connectivity index (χ3v) is 7.97. The first-order valence-corrected chi connectivity index (χ1v) is 13.2. The quantitative estimate of drug-likeness (QED) is 0.299. The van der Waals surface area contributed by atoms with Crippen LogP contribution < -0.4 is 9.04 Å². The Morgan fingerprint density at radius 3 is 2.42 bits per heavy atom. The number of pyridine rings is 1. The molecule has 0 bridgehead atoms. The molecule has 0 unspecified atom stereocenters. The Hall–Kier alpha value is -3.62. The summed E-state index contributed by atoms with van der Waals surface area (Å²) in [5, 5.41) is 1.90. The van der Waals surface area contributed by atoms with Crippen LogP contribution >= 0.6 is 11.6 Å². The van der Waals surface area contributed by atoms with E-state index in [0.717, 1.165) is 5.39 Å². The molecule has 0 aliphatic carbocycles. The van der Waals surface area contributed by atoms with Gasteiger partial charge in [-0.2, -0.15) is 0 Å². The zero-order valence-electron chi connectivity index (χ0n) is 20.0. The number of ether oxygens (including phenoxy) is 1. The summed E-state index contributed by atoms with van der Waals surface area (Å²) in [5.74, 6) is 0.142. The maximum Gasteiger partial charge on any atom is 0.265 e. The molecule has 0 atom stereocenters. The number of methoxy groups -OCH3 is 1. The van der Waals surface area contributed by atoms with Gasteiger partial charge in [0.2, 0.25) is 5.88 Å². The summed E-state index contributed by atoms with van der Waals surface area (Å²) >= 11 is 6.07. The normalized spacial score (nSPS) is 11.3. The zero-order valence-corrected chi connectivity index (χ0v) is 21.5. The lowest BCUT2D eigenvalue weighted by Gasteiger charge is -2.28. The minimum atomic E-state index is -4.01. The lowest BCUT2D eigenvalue weighted by molar-refractivity contribution is 0.0769. The molecule has 7 nitrogen and oxygen atoms in total. The Kier molecular flexibility index (Phi) is 7.76. The Balaban J connectivity index is 1.71. The number of hydrogen-bond donors (Lipinski definition) is 0. The smallest absolute Gasteiger partial charge is 0.265 e. The molecule has 0 radical (unpaired) electrons. The number of carbonyl (C=O) groups excluding carboxylic acids is 1. The summed E-state index contributed by atoms with van der Waals surface area (Å²) in [6.07, 6.45) is 1.45. The molecule has 1 amide bonds. The van der Waals surface area contributed by atoms with Crippen LogP contribution in [-0.2, 0) is 10.0 Å². The second-order valence-electron chi connectivity index (χ2n) is 8.01. The first-order valence-electron chi connectivity index (χ1n) is 11.4. The van der Waals surface area contributed by atoms with Crippen molar-refractivity contribution in [2.45, 2.75) is 11.8 Å². The highest BCUT2D eigenvalue weighted by molar-refractivity contribution is 7.93. The molecular formula is C27H26ClN3O4S. The van der Waals surface area contributed by atoms with Crippen LogP contribution in [0, 0.1) is 0 Å². The monoisotopic (exact) mass is 523 g/mol. The van der Waals surface area contributed by atoms with Gasteiger partial charge in [0, 0.05) is 35.1 Å². The summed E-state index contributed by atoms with van der Waals surface area (Å²) in [6.45, 7) is 2.44. The van der Waals surface area contributed by atoms with E-state index in [9.17, 15) is 13.2 Å². The second-order valence-corrected chi connectivity index (χ2v) is 10.3. The van der Waals surface area contributed by atoms with Gasteiger partial charge in [0.1, 0.15) is 0 Å². The summed E-state index contributed by atoms with van der Waals surface area (Å²) in [4.78, 5) is 19.1. The molecule has 36 heavy (non-hydrogen) atoms. The Morgan fingerprint density at radius 1 is 0.972 bits per heavy atom. The highest BCUT2D eigenvalue weighted by Crippen LogP contribution is 2.29. The van der Waals surface area contributed by atoms with Crippen molar-refractivity contribution in [3.8, 4) is 5.88 Å². The molecule has 0 aliphatic heterocycles. The van der Waals surface area contributed by atoms with Crippen LogP contribution in [-0.4, -0.2) is 51.0 Å². The maximum atomic E-state index is 14.0. The molecule has 0 N–H and O–H groups in total. The Morgan fingerprint density at radius 2 is 1.72 bits per heavy atom. The predicted molar refractivity (Wildman–Crippen MR) is 142 cm³/mol. The van der Waals surface area contributed by atoms with Crippen molar-refractivity contribution in [3.05, 3.63) is 95.6 Å². The van der Waals surface area contributed by atoms with Gasteiger partial charge in [0.05, 0.1) is 30.4 Å². The first kappa shape index (κ1) is 25.5. The van der Waals surface area contributed by atoms with Gasteiger partial charge in [0.15, 0.2) is 0 Å². The van der Waals surface area contributed by atoms with E-state index < -0.39 is 10.0 Å². The fourth-order valence-corrected chi connectivity index (χ4v) is 5.84. The number of carbonyl (C=O) groups is 1. The van der Waals surface area contributed by atoms with E-state index in [-0.39, 0.29) is 23.9 Å². The van der Waals surface area contributed by atoms with Crippen LogP contribution in [0.4, 0.5) is 5.69 Å². The van der Waals surface area contributed by atoms with Crippen LogP contribution in [0.3, 0.4) is 0 Å². The van der Waals surface area contributed by atoms with Crippen LogP contribution in [0.1, 0.15) is 17.3 Å². The SMILES string of the molecule is CCN(CCN(c1ccc(OC)nc1)S(=O)(=O)c1cccc2ccccc12)C(=O)c1cccc(Cl)c1. The lowest BCUT2D eigenvalue weighted by Crippen LogP contribution is -2.41. The van der Waals surface area contributed by atoms with E-state index >= 15 is 0 Å². The molecule has 0 saturated carbocycles. The number of amides is 1. The van der Waals surface area contributed by atoms with Crippen LogP contribution in [0.15, 0.2) is 90.0 Å². The molecule has 0 spiro atoms. The van der Waals surface area contributed by atoms with Crippen molar-refractivity contribution in [2.24, 2.45) is 0 Å². The van der Waals surface area contributed by atoms with Crippen molar-refractivity contribution in [2.75, 3.05) is 31.0 Å². The number of aromatic nitrogens is 1. The summed E-state index contributed by atoms with van der Waals surface area (Å²) in [5.41, 5.74) is 0.814. The Labute approximate surface area is 215 Å². The van der Waals surface area contributed by atoms with Gasteiger partial charge >= 0.3 is 0 Å². The number of benzene rings is 3. The molecular weight excluding hydrogens is 498 g/mol. The van der Waals surface area contributed by atoms with Crippen molar-refractivity contribution >= 4 is 44.0 Å². The van der Waals surface area contributed by atoms with Gasteiger partial charge < -0.3 is 9.64 Å². The molecule has 0 aliphatic rings.